The van der Waals surface area contributed by atoms with Gasteiger partial charge in [-0.05, 0) is 41.3 Å². The molecule has 0 bridgehead atoms. The van der Waals surface area contributed by atoms with E-state index < -0.39 is 24.3 Å². The van der Waals surface area contributed by atoms with Crippen molar-refractivity contribution in [2.45, 2.75) is 26.2 Å². The number of hydrogen-bond donors (Lipinski definition) is 1. The van der Waals surface area contributed by atoms with Gasteiger partial charge in [-0.15, -0.1) is 0 Å². The van der Waals surface area contributed by atoms with E-state index in [2.05, 4.69) is 26.1 Å². The Morgan fingerprint density at radius 1 is 1.08 bits per heavy atom. The predicted octanol–water partition coefficient (Wildman–Crippen LogP) is 3.93. The fourth-order valence-corrected chi connectivity index (χ4v) is 2.26. The van der Waals surface area contributed by atoms with Gasteiger partial charge in [0.15, 0.2) is 18.2 Å². The van der Waals surface area contributed by atoms with Crippen molar-refractivity contribution < 1.29 is 23.5 Å². The third-order valence-electron chi connectivity index (χ3n) is 3.76. The Labute approximate surface area is 152 Å². The van der Waals surface area contributed by atoms with E-state index in [1.165, 1.54) is 19.2 Å². The summed E-state index contributed by atoms with van der Waals surface area (Å²) in [5.41, 5.74) is 1.77. The van der Waals surface area contributed by atoms with Crippen LogP contribution in [0.2, 0.25) is 0 Å². The first kappa shape index (κ1) is 19.4. The van der Waals surface area contributed by atoms with Gasteiger partial charge in [-0.2, -0.15) is 0 Å². The summed E-state index contributed by atoms with van der Waals surface area (Å²) in [4.78, 5) is 23.8. The van der Waals surface area contributed by atoms with Crippen LogP contribution in [0.4, 0.5) is 10.1 Å². The van der Waals surface area contributed by atoms with Gasteiger partial charge < -0.3 is 14.8 Å². The van der Waals surface area contributed by atoms with Crippen LogP contribution in [0, 0.1) is 5.82 Å². The largest absolute Gasteiger partial charge is 0.494 e. The number of amides is 1. The molecule has 2 rings (SSSR count). The van der Waals surface area contributed by atoms with E-state index in [-0.39, 0.29) is 16.7 Å². The lowest BCUT2D eigenvalue weighted by Gasteiger charge is -2.19. The van der Waals surface area contributed by atoms with E-state index in [1.807, 2.05) is 12.1 Å². The first-order chi connectivity index (χ1) is 12.2. The molecule has 0 aliphatic heterocycles. The third kappa shape index (κ3) is 5.05. The molecule has 5 nitrogen and oxygen atoms in total. The molecule has 6 heteroatoms. The lowest BCUT2D eigenvalue weighted by atomic mass is 9.87. The predicted molar refractivity (Wildman–Crippen MR) is 97.0 cm³/mol. The molecule has 0 heterocycles. The molecule has 0 aromatic heterocycles. The lowest BCUT2D eigenvalue weighted by molar-refractivity contribution is -0.119. The van der Waals surface area contributed by atoms with Gasteiger partial charge in [0, 0.05) is 5.69 Å². The first-order valence-electron chi connectivity index (χ1n) is 8.12. The van der Waals surface area contributed by atoms with E-state index in [4.69, 9.17) is 9.47 Å². The average molecular weight is 359 g/mol. The zero-order valence-electron chi connectivity index (χ0n) is 15.3. The molecule has 1 amide bonds. The van der Waals surface area contributed by atoms with Gasteiger partial charge >= 0.3 is 5.97 Å². The Kier molecular flexibility index (Phi) is 5.97. The molecule has 0 aliphatic rings. The second-order valence-corrected chi connectivity index (χ2v) is 6.80. The summed E-state index contributed by atoms with van der Waals surface area (Å²) in [6, 6.07) is 11.1. The monoisotopic (exact) mass is 359 g/mol. The van der Waals surface area contributed by atoms with E-state index >= 15 is 0 Å². The normalized spacial score (nSPS) is 11.0. The van der Waals surface area contributed by atoms with Gasteiger partial charge in [0.2, 0.25) is 0 Å². The van der Waals surface area contributed by atoms with Crippen molar-refractivity contribution in [1.29, 1.82) is 0 Å². The van der Waals surface area contributed by atoms with E-state index in [1.54, 1.807) is 12.1 Å². The van der Waals surface area contributed by atoms with Crippen molar-refractivity contribution >= 4 is 17.6 Å². The lowest BCUT2D eigenvalue weighted by Crippen LogP contribution is -2.21. The summed E-state index contributed by atoms with van der Waals surface area (Å²) < 4.78 is 23.3. The van der Waals surface area contributed by atoms with Gasteiger partial charge in [0.25, 0.3) is 5.91 Å². The van der Waals surface area contributed by atoms with Crippen LogP contribution in [0.15, 0.2) is 42.5 Å². The molecule has 0 aliphatic carbocycles. The van der Waals surface area contributed by atoms with Crippen molar-refractivity contribution in [3.05, 3.63) is 59.4 Å². The smallest absolute Gasteiger partial charge is 0.338 e. The van der Waals surface area contributed by atoms with Crippen LogP contribution < -0.4 is 10.1 Å². The minimum atomic E-state index is -0.787. The molecule has 138 valence electrons. The summed E-state index contributed by atoms with van der Waals surface area (Å²) >= 11 is 0. The number of hydrogen-bond acceptors (Lipinski definition) is 4. The minimum Gasteiger partial charge on any atom is -0.494 e. The molecule has 0 radical (unpaired) electrons. The molecule has 2 aromatic carbocycles. The summed E-state index contributed by atoms with van der Waals surface area (Å²) in [7, 11) is 1.33. The van der Waals surface area contributed by atoms with Crippen LogP contribution in [0.3, 0.4) is 0 Å². The van der Waals surface area contributed by atoms with Crippen molar-refractivity contribution in [2.75, 3.05) is 19.0 Å². The van der Waals surface area contributed by atoms with Gasteiger partial charge in [0.1, 0.15) is 0 Å². The van der Waals surface area contributed by atoms with Gasteiger partial charge in [0.05, 0.1) is 12.7 Å². The van der Waals surface area contributed by atoms with Crippen LogP contribution >= 0.6 is 0 Å². The number of anilines is 1. The van der Waals surface area contributed by atoms with Crippen molar-refractivity contribution in [1.82, 2.24) is 0 Å². The highest BCUT2D eigenvalue weighted by molar-refractivity contribution is 5.95. The molecule has 0 atom stereocenters. The number of esters is 1. The number of ether oxygens (including phenoxy) is 2. The topological polar surface area (TPSA) is 64.6 Å². The minimum absolute atomic E-state index is 0.00521. The highest BCUT2D eigenvalue weighted by atomic mass is 19.1. The maximum atomic E-state index is 13.6. The second-order valence-electron chi connectivity index (χ2n) is 6.80. The number of rotatable bonds is 5. The van der Waals surface area contributed by atoms with Crippen LogP contribution in [0.5, 0.6) is 5.75 Å². The van der Waals surface area contributed by atoms with Crippen LogP contribution in [0.25, 0.3) is 0 Å². The quantitative estimate of drug-likeness (QED) is 0.822. The van der Waals surface area contributed by atoms with E-state index in [0.717, 1.165) is 11.6 Å². The van der Waals surface area contributed by atoms with Gasteiger partial charge in [-0.25, -0.2) is 9.18 Å². The summed E-state index contributed by atoms with van der Waals surface area (Å²) in [5.74, 6) is -1.91. The van der Waals surface area contributed by atoms with E-state index in [0.29, 0.717) is 5.69 Å². The highest BCUT2D eigenvalue weighted by Crippen LogP contribution is 2.23. The molecule has 0 saturated heterocycles. The molecule has 26 heavy (non-hydrogen) atoms. The molecule has 0 fully saturated rings. The maximum absolute atomic E-state index is 13.6. The molecular weight excluding hydrogens is 337 g/mol. The van der Waals surface area contributed by atoms with Crippen LogP contribution in [-0.4, -0.2) is 25.6 Å². The Morgan fingerprint density at radius 3 is 2.27 bits per heavy atom. The molecular formula is C20H22FNO4. The molecule has 0 spiro atoms. The number of benzene rings is 2. The second kappa shape index (κ2) is 7.99. The average Bonchev–Trinajstić information content (AvgIpc) is 2.59. The van der Waals surface area contributed by atoms with Crippen molar-refractivity contribution in [2.24, 2.45) is 0 Å². The molecule has 0 saturated carbocycles. The number of carbonyl (C=O) groups is 2. The Hall–Kier alpha value is -2.89. The Morgan fingerprint density at radius 2 is 1.73 bits per heavy atom. The molecule has 0 unspecified atom stereocenters. The van der Waals surface area contributed by atoms with Crippen molar-refractivity contribution in [3.8, 4) is 5.75 Å². The fraction of sp³-hybridized carbons (Fsp3) is 0.300. The highest BCUT2D eigenvalue weighted by Gasteiger charge is 2.15. The standard InChI is InChI=1S/C20H22FNO4/c1-20(2,3)14-6-8-15(9-7-14)22-18(23)12-26-19(24)13-5-10-17(25-4)16(21)11-13/h5-11H,12H2,1-4H3,(H,22,23). The Balaban J connectivity index is 1.90. The van der Waals surface area contributed by atoms with Crippen LogP contribution in [0.1, 0.15) is 36.7 Å². The number of methoxy groups -OCH3 is 1. The molecule has 1 N–H and O–H groups in total. The SMILES string of the molecule is COc1ccc(C(=O)OCC(=O)Nc2ccc(C(C)(C)C)cc2)cc1F. The Bertz CT molecular complexity index is 794. The van der Waals surface area contributed by atoms with E-state index in [9.17, 15) is 14.0 Å². The number of nitrogens with one attached hydrogen (secondary N) is 1. The molecule has 2 aromatic rings. The number of halogens is 1. The van der Waals surface area contributed by atoms with Crippen LogP contribution in [-0.2, 0) is 14.9 Å². The summed E-state index contributed by atoms with van der Waals surface area (Å²) in [5, 5.41) is 2.65. The van der Waals surface area contributed by atoms with Gasteiger partial charge in [-0.1, -0.05) is 32.9 Å². The van der Waals surface area contributed by atoms with Gasteiger partial charge in [-0.3, -0.25) is 4.79 Å². The van der Waals surface area contributed by atoms with Crippen molar-refractivity contribution in [3.63, 3.8) is 0 Å². The first-order valence-corrected chi connectivity index (χ1v) is 8.12. The zero-order valence-corrected chi connectivity index (χ0v) is 15.3. The third-order valence-corrected chi connectivity index (χ3v) is 3.76. The number of carbonyl (C=O) groups excluding carboxylic acids is 2. The zero-order chi connectivity index (χ0) is 19.3. The maximum Gasteiger partial charge on any atom is 0.338 e. The summed E-state index contributed by atoms with van der Waals surface area (Å²) in [6.07, 6.45) is 0. The summed E-state index contributed by atoms with van der Waals surface area (Å²) in [6.45, 7) is 5.83. The fourth-order valence-electron chi connectivity index (χ4n) is 2.26.